The van der Waals surface area contributed by atoms with E-state index in [2.05, 4.69) is 13.8 Å². The molecule has 2 aliphatic rings. The first-order valence-electron chi connectivity index (χ1n) is 9.76. The number of rotatable bonds is 10. The topological polar surface area (TPSA) is 77.9 Å². The summed E-state index contributed by atoms with van der Waals surface area (Å²) in [5.41, 5.74) is 0. The zero-order chi connectivity index (χ0) is 18.4. The van der Waals surface area contributed by atoms with Crippen molar-refractivity contribution in [3.05, 3.63) is 0 Å². The predicted octanol–water partition coefficient (Wildman–Crippen LogP) is 2.37. The minimum Gasteiger partial charge on any atom is -0.481 e. The Kier molecular flexibility index (Phi) is 7.26. The Balaban J connectivity index is 1.76. The Morgan fingerprint density at radius 1 is 1.04 bits per heavy atom. The van der Waals surface area contributed by atoms with E-state index >= 15 is 0 Å². The predicted molar refractivity (Wildman–Crippen MR) is 94.9 cm³/mol. The molecule has 1 heterocycles. The monoisotopic (exact) mass is 352 g/mol. The maximum absolute atomic E-state index is 12.4. The standard InChI is InChI=1S/C19H32N2O4/c1-3-10-20(11-4-2)17(22)6-5-7-18(23)21-12-15(14-8-9-14)16(13-21)19(24)25/h14-16H,3-13H2,1-2H3,(H,24,25)/t15-,16+/m1/s1. The Bertz CT molecular complexity index is 484. The average Bonchev–Trinajstić information content (AvgIpc) is 3.32. The minimum atomic E-state index is -0.780. The van der Waals surface area contributed by atoms with Crippen LogP contribution in [0.25, 0.3) is 0 Å². The second-order valence-corrected chi connectivity index (χ2v) is 7.48. The summed E-state index contributed by atoms with van der Waals surface area (Å²) >= 11 is 0. The minimum absolute atomic E-state index is 0.000247. The van der Waals surface area contributed by atoms with E-state index in [1.165, 1.54) is 0 Å². The van der Waals surface area contributed by atoms with Crippen LogP contribution in [0.5, 0.6) is 0 Å². The van der Waals surface area contributed by atoms with Crippen LogP contribution in [0.1, 0.15) is 58.8 Å². The summed E-state index contributed by atoms with van der Waals surface area (Å²) in [7, 11) is 0. The SMILES string of the molecule is CCCN(CCC)C(=O)CCCC(=O)N1C[C@H](C(=O)O)[C@@H](C2CC2)C1. The highest BCUT2D eigenvalue weighted by atomic mass is 16.4. The quantitative estimate of drug-likeness (QED) is 0.655. The van der Waals surface area contributed by atoms with Gasteiger partial charge < -0.3 is 14.9 Å². The van der Waals surface area contributed by atoms with Gasteiger partial charge in [-0.2, -0.15) is 0 Å². The molecule has 0 spiro atoms. The second kappa shape index (κ2) is 9.20. The second-order valence-electron chi connectivity index (χ2n) is 7.48. The van der Waals surface area contributed by atoms with Crippen molar-refractivity contribution in [1.29, 1.82) is 0 Å². The van der Waals surface area contributed by atoms with E-state index in [-0.39, 0.29) is 17.7 Å². The molecular weight excluding hydrogens is 320 g/mol. The van der Waals surface area contributed by atoms with Gasteiger partial charge in [0.05, 0.1) is 5.92 Å². The molecule has 1 saturated carbocycles. The van der Waals surface area contributed by atoms with Gasteiger partial charge in [0.25, 0.3) is 0 Å². The van der Waals surface area contributed by atoms with Crippen LogP contribution in [0.2, 0.25) is 0 Å². The van der Waals surface area contributed by atoms with Crippen LogP contribution in [0.3, 0.4) is 0 Å². The maximum Gasteiger partial charge on any atom is 0.308 e. The number of carboxylic acid groups (broad SMARTS) is 1. The number of hydrogen-bond acceptors (Lipinski definition) is 3. The summed E-state index contributed by atoms with van der Waals surface area (Å²) < 4.78 is 0. The maximum atomic E-state index is 12.4. The van der Waals surface area contributed by atoms with Crippen LogP contribution in [0, 0.1) is 17.8 Å². The van der Waals surface area contributed by atoms with E-state index in [0.717, 1.165) is 38.8 Å². The molecule has 1 N–H and O–H groups in total. The van der Waals surface area contributed by atoms with Gasteiger partial charge in [-0.3, -0.25) is 14.4 Å². The molecule has 0 aromatic rings. The zero-order valence-corrected chi connectivity index (χ0v) is 15.6. The lowest BCUT2D eigenvalue weighted by Crippen LogP contribution is -2.33. The highest BCUT2D eigenvalue weighted by molar-refractivity contribution is 5.80. The number of carboxylic acids is 1. The molecule has 2 atom stereocenters. The van der Waals surface area contributed by atoms with E-state index in [4.69, 9.17) is 0 Å². The van der Waals surface area contributed by atoms with E-state index in [9.17, 15) is 19.5 Å². The van der Waals surface area contributed by atoms with Crippen molar-refractivity contribution < 1.29 is 19.5 Å². The van der Waals surface area contributed by atoms with Crippen molar-refractivity contribution >= 4 is 17.8 Å². The molecule has 0 bridgehead atoms. The Labute approximate surface area is 150 Å². The highest BCUT2D eigenvalue weighted by Gasteiger charge is 2.46. The van der Waals surface area contributed by atoms with Crippen LogP contribution in [0.4, 0.5) is 0 Å². The van der Waals surface area contributed by atoms with Crippen LogP contribution < -0.4 is 0 Å². The molecule has 2 amide bonds. The Morgan fingerprint density at radius 2 is 1.68 bits per heavy atom. The highest BCUT2D eigenvalue weighted by Crippen LogP contribution is 2.44. The molecule has 1 saturated heterocycles. The third-order valence-corrected chi connectivity index (χ3v) is 5.38. The third kappa shape index (κ3) is 5.44. The zero-order valence-electron chi connectivity index (χ0n) is 15.6. The number of hydrogen-bond donors (Lipinski definition) is 1. The van der Waals surface area contributed by atoms with Gasteiger partial charge in [0, 0.05) is 39.0 Å². The molecule has 25 heavy (non-hydrogen) atoms. The van der Waals surface area contributed by atoms with E-state index in [1.807, 2.05) is 4.90 Å². The summed E-state index contributed by atoms with van der Waals surface area (Å²) in [5, 5.41) is 9.38. The summed E-state index contributed by atoms with van der Waals surface area (Å²) in [6.07, 6.45) is 5.35. The van der Waals surface area contributed by atoms with Crippen LogP contribution in [0.15, 0.2) is 0 Å². The number of amides is 2. The molecule has 6 heteroatoms. The molecule has 6 nitrogen and oxygen atoms in total. The van der Waals surface area contributed by atoms with Gasteiger partial charge in [0.15, 0.2) is 0 Å². The number of nitrogens with zero attached hydrogens (tertiary/aromatic N) is 2. The normalized spacial score (nSPS) is 22.9. The first-order valence-corrected chi connectivity index (χ1v) is 9.76. The van der Waals surface area contributed by atoms with Gasteiger partial charge in [-0.25, -0.2) is 0 Å². The molecule has 0 aromatic heterocycles. The summed E-state index contributed by atoms with van der Waals surface area (Å²) in [6.45, 7) is 6.57. The number of carbonyl (C=O) groups excluding carboxylic acids is 2. The Hall–Kier alpha value is -1.59. The third-order valence-electron chi connectivity index (χ3n) is 5.38. The molecule has 0 radical (unpaired) electrons. The van der Waals surface area contributed by atoms with Crippen molar-refractivity contribution in [2.75, 3.05) is 26.2 Å². The molecule has 1 aliphatic carbocycles. The van der Waals surface area contributed by atoms with Gasteiger partial charge in [0.2, 0.25) is 11.8 Å². The molecule has 0 aromatic carbocycles. The van der Waals surface area contributed by atoms with Gasteiger partial charge >= 0.3 is 5.97 Å². The fourth-order valence-electron chi connectivity index (χ4n) is 3.90. The van der Waals surface area contributed by atoms with Crippen molar-refractivity contribution in [1.82, 2.24) is 9.80 Å². The van der Waals surface area contributed by atoms with Crippen molar-refractivity contribution in [2.45, 2.75) is 58.8 Å². The van der Waals surface area contributed by atoms with Crippen LogP contribution in [-0.2, 0) is 14.4 Å². The lowest BCUT2D eigenvalue weighted by Gasteiger charge is -2.21. The average molecular weight is 352 g/mol. The van der Waals surface area contributed by atoms with Crippen LogP contribution >= 0.6 is 0 Å². The molecule has 2 rings (SSSR count). The first-order chi connectivity index (χ1) is 12.0. The van der Waals surface area contributed by atoms with Crippen molar-refractivity contribution in [2.24, 2.45) is 17.8 Å². The molecule has 0 unspecified atom stereocenters. The van der Waals surface area contributed by atoms with Gasteiger partial charge in [-0.05, 0) is 43.9 Å². The first kappa shape index (κ1) is 19.7. The molecule has 1 aliphatic heterocycles. The summed E-state index contributed by atoms with van der Waals surface area (Å²) in [6, 6.07) is 0. The van der Waals surface area contributed by atoms with Crippen LogP contribution in [-0.4, -0.2) is 58.9 Å². The summed E-state index contributed by atoms with van der Waals surface area (Å²) in [4.78, 5) is 39.7. The molecular formula is C19H32N2O4. The van der Waals surface area contributed by atoms with Gasteiger partial charge in [-0.15, -0.1) is 0 Å². The smallest absolute Gasteiger partial charge is 0.308 e. The van der Waals surface area contributed by atoms with Crippen molar-refractivity contribution in [3.8, 4) is 0 Å². The Morgan fingerprint density at radius 3 is 2.20 bits per heavy atom. The summed E-state index contributed by atoms with van der Waals surface area (Å²) in [5.74, 6) is -0.471. The van der Waals surface area contributed by atoms with E-state index in [0.29, 0.717) is 38.3 Å². The van der Waals surface area contributed by atoms with Gasteiger partial charge in [-0.1, -0.05) is 13.8 Å². The lowest BCUT2D eigenvalue weighted by atomic mass is 9.92. The lowest BCUT2D eigenvalue weighted by molar-refractivity contribution is -0.142. The van der Waals surface area contributed by atoms with Gasteiger partial charge in [0.1, 0.15) is 0 Å². The fraction of sp³-hybridized carbons (Fsp3) is 0.842. The van der Waals surface area contributed by atoms with E-state index in [1.54, 1.807) is 4.90 Å². The molecule has 2 fully saturated rings. The number of likely N-dealkylation sites (tertiary alicyclic amines) is 1. The number of aliphatic carboxylic acids is 1. The number of carbonyl (C=O) groups is 3. The fourth-order valence-corrected chi connectivity index (χ4v) is 3.90. The van der Waals surface area contributed by atoms with Crippen molar-refractivity contribution in [3.63, 3.8) is 0 Å². The molecule has 142 valence electrons. The largest absolute Gasteiger partial charge is 0.481 e. The van der Waals surface area contributed by atoms with E-state index < -0.39 is 11.9 Å².